The van der Waals surface area contributed by atoms with Gasteiger partial charge in [-0.3, -0.25) is 4.79 Å². The van der Waals surface area contributed by atoms with E-state index in [2.05, 4.69) is 24.1 Å². The molecule has 2 aliphatic rings. The molecule has 0 saturated carbocycles. The SMILES string of the molecule is CC1CC(C)CN(CCN(CCC(=O)N2CCNCC2)S(=O)(=O)c2ccc(F)cc2)C1. The second-order valence-electron chi connectivity index (χ2n) is 8.94. The van der Waals surface area contributed by atoms with Crippen LogP contribution in [0.1, 0.15) is 26.7 Å². The molecular weight excluding hydrogens is 419 g/mol. The Hall–Kier alpha value is -1.55. The van der Waals surface area contributed by atoms with E-state index in [1.807, 2.05) is 0 Å². The van der Waals surface area contributed by atoms with Gasteiger partial charge in [-0.2, -0.15) is 4.31 Å². The first-order valence-electron chi connectivity index (χ1n) is 11.2. The molecule has 2 unspecified atom stereocenters. The molecule has 0 spiro atoms. The Morgan fingerprint density at radius 2 is 1.71 bits per heavy atom. The number of hydrogen-bond acceptors (Lipinski definition) is 5. The zero-order valence-corrected chi connectivity index (χ0v) is 19.4. The van der Waals surface area contributed by atoms with E-state index in [0.29, 0.717) is 38.0 Å². The number of carbonyl (C=O) groups is 1. The highest BCUT2D eigenvalue weighted by Crippen LogP contribution is 2.22. The predicted molar refractivity (Wildman–Crippen MR) is 119 cm³/mol. The lowest BCUT2D eigenvalue weighted by Crippen LogP contribution is -2.48. The highest BCUT2D eigenvalue weighted by Gasteiger charge is 2.28. The Bertz CT molecular complexity index is 818. The van der Waals surface area contributed by atoms with Crippen molar-refractivity contribution in [3.63, 3.8) is 0 Å². The number of nitrogens with zero attached hydrogens (tertiary/aromatic N) is 3. The molecule has 2 heterocycles. The first-order chi connectivity index (χ1) is 14.8. The summed E-state index contributed by atoms with van der Waals surface area (Å²) < 4.78 is 41.3. The summed E-state index contributed by atoms with van der Waals surface area (Å²) >= 11 is 0. The standard InChI is InChI=1S/C22H35FN4O3S/c1-18-15-19(2)17-25(16-18)13-14-27(10-7-22(28)26-11-8-24-9-12-26)31(29,30)21-5-3-20(23)4-6-21/h3-6,18-19,24H,7-17H2,1-2H3. The minimum Gasteiger partial charge on any atom is -0.340 e. The number of carbonyl (C=O) groups excluding carboxylic acids is 1. The number of sulfonamides is 1. The van der Waals surface area contributed by atoms with Gasteiger partial charge in [0.15, 0.2) is 0 Å². The highest BCUT2D eigenvalue weighted by atomic mass is 32.2. The molecule has 9 heteroatoms. The molecule has 0 aromatic heterocycles. The van der Waals surface area contributed by atoms with Gasteiger partial charge in [-0.25, -0.2) is 12.8 Å². The number of benzene rings is 1. The minimum absolute atomic E-state index is 0.0268. The van der Waals surface area contributed by atoms with Crippen molar-refractivity contribution in [1.82, 2.24) is 19.4 Å². The van der Waals surface area contributed by atoms with Gasteiger partial charge in [0.25, 0.3) is 0 Å². The van der Waals surface area contributed by atoms with Crippen LogP contribution in [0.3, 0.4) is 0 Å². The van der Waals surface area contributed by atoms with Gasteiger partial charge in [0.2, 0.25) is 15.9 Å². The molecule has 3 rings (SSSR count). The summed E-state index contributed by atoms with van der Waals surface area (Å²) in [6.45, 7) is 10.2. The molecule has 174 valence electrons. The van der Waals surface area contributed by atoms with Crippen LogP contribution in [-0.4, -0.2) is 87.3 Å². The van der Waals surface area contributed by atoms with Crippen molar-refractivity contribution in [3.05, 3.63) is 30.1 Å². The summed E-state index contributed by atoms with van der Waals surface area (Å²) in [5.41, 5.74) is 0. The molecule has 1 aromatic carbocycles. The number of piperazine rings is 1. The normalized spacial score (nSPS) is 23.3. The summed E-state index contributed by atoms with van der Waals surface area (Å²) in [7, 11) is -3.82. The second-order valence-corrected chi connectivity index (χ2v) is 10.9. The lowest BCUT2D eigenvalue weighted by atomic mass is 9.92. The number of piperidine rings is 1. The zero-order valence-electron chi connectivity index (χ0n) is 18.6. The fourth-order valence-corrected chi connectivity index (χ4v) is 6.06. The van der Waals surface area contributed by atoms with Crippen LogP contribution in [0.2, 0.25) is 0 Å². The molecule has 2 saturated heterocycles. The van der Waals surface area contributed by atoms with Crippen molar-refractivity contribution < 1.29 is 17.6 Å². The number of hydrogen-bond donors (Lipinski definition) is 1. The van der Waals surface area contributed by atoms with Gasteiger partial charge in [-0.15, -0.1) is 0 Å². The first-order valence-corrected chi connectivity index (χ1v) is 12.7. The fourth-order valence-electron chi connectivity index (χ4n) is 4.63. The van der Waals surface area contributed by atoms with Crippen LogP contribution in [0, 0.1) is 17.7 Å². The Balaban J connectivity index is 1.69. The molecule has 0 bridgehead atoms. The molecule has 1 aromatic rings. The smallest absolute Gasteiger partial charge is 0.243 e. The lowest BCUT2D eigenvalue weighted by molar-refractivity contribution is -0.131. The third-order valence-corrected chi connectivity index (χ3v) is 8.02. The van der Waals surface area contributed by atoms with Crippen LogP contribution >= 0.6 is 0 Å². The summed E-state index contributed by atoms with van der Waals surface area (Å²) in [6.07, 6.45) is 1.33. The predicted octanol–water partition coefficient (Wildman–Crippen LogP) is 1.62. The molecule has 0 aliphatic carbocycles. The summed E-state index contributed by atoms with van der Waals surface area (Å²) in [6, 6.07) is 4.90. The van der Waals surface area contributed by atoms with Crippen molar-refractivity contribution in [3.8, 4) is 0 Å². The van der Waals surface area contributed by atoms with E-state index in [-0.39, 0.29) is 23.8 Å². The molecule has 31 heavy (non-hydrogen) atoms. The first kappa shape index (κ1) is 24.1. The Labute approximate surface area is 185 Å². The quantitative estimate of drug-likeness (QED) is 0.646. The topological polar surface area (TPSA) is 73.0 Å². The van der Waals surface area contributed by atoms with Gasteiger partial charge in [0, 0.05) is 65.3 Å². The Morgan fingerprint density at radius 3 is 2.32 bits per heavy atom. The molecule has 7 nitrogen and oxygen atoms in total. The van der Waals surface area contributed by atoms with Gasteiger partial charge in [-0.05, 0) is 42.5 Å². The fraction of sp³-hybridized carbons (Fsp3) is 0.682. The van der Waals surface area contributed by atoms with Crippen LogP contribution in [0.5, 0.6) is 0 Å². The minimum atomic E-state index is -3.82. The summed E-state index contributed by atoms with van der Waals surface area (Å²) in [5.74, 6) is 0.664. The Morgan fingerprint density at radius 1 is 1.10 bits per heavy atom. The van der Waals surface area contributed by atoms with Crippen LogP contribution in [-0.2, 0) is 14.8 Å². The van der Waals surface area contributed by atoms with E-state index in [1.165, 1.54) is 22.9 Å². The average molecular weight is 455 g/mol. The highest BCUT2D eigenvalue weighted by molar-refractivity contribution is 7.89. The van der Waals surface area contributed by atoms with E-state index in [9.17, 15) is 17.6 Å². The number of amides is 1. The number of halogens is 1. The third-order valence-electron chi connectivity index (χ3n) is 6.11. The van der Waals surface area contributed by atoms with Gasteiger partial charge < -0.3 is 15.1 Å². The number of rotatable bonds is 8. The van der Waals surface area contributed by atoms with Crippen LogP contribution in [0.25, 0.3) is 0 Å². The maximum atomic E-state index is 13.3. The number of nitrogens with one attached hydrogen (secondary N) is 1. The largest absolute Gasteiger partial charge is 0.340 e. The van der Waals surface area contributed by atoms with Crippen LogP contribution in [0.4, 0.5) is 4.39 Å². The molecular formula is C22H35FN4O3S. The second kappa shape index (κ2) is 10.8. The number of likely N-dealkylation sites (tertiary alicyclic amines) is 1. The van der Waals surface area contributed by atoms with Gasteiger partial charge in [-0.1, -0.05) is 13.8 Å². The van der Waals surface area contributed by atoms with E-state index >= 15 is 0 Å². The zero-order chi connectivity index (χ0) is 22.4. The van der Waals surface area contributed by atoms with Crippen molar-refractivity contribution in [1.29, 1.82) is 0 Å². The Kier molecular flexibility index (Phi) is 8.43. The van der Waals surface area contributed by atoms with Gasteiger partial charge in [0.05, 0.1) is 4.90 Å². The summed E-state index contributed by atoms with van der Waals surface area (Å²) in [5, 5.41) is 3.21. The van der Waals surface area contributed by atoms with Crippen molar-refractivity contribution in [2.75, 3.05) is 58.9 Å². The van der Waals surface area contributed by atoms with Crippen molar-refractivity contribution in [2.24, 2.45) is 11.8 Å². The molecule has 0 radical (unpaired) electrons. The van der Waals surface area contributed by atoms with E-state index in [4.69, 9.17) is 0 Å². The third kappa shape index (κ3) is 6.71. The summed E-state index contributed by atoms with van der Waals surface area (Å²) in [4.78, 5) is 16.8. The molecule has 1 amide bonds. The molecule has 2 fully saturated rings. The maximum Gasteiger partial charge on any atom is 0.243 e. The maximum absolute atomic E-state index is 13.3. The van der Waals surface area contributed by atoms with Gasteiger partial charge in [0.1, 0.15) is 5.82 Å². The van der Waals surface area contributed by atoms with Gasteiger partial charge >= 0.3 is 0 Å². The van der Waals surface area contributed by atoms with Crippen LogP contribution < -0.4 is 5.32 Å². The van der Waals surface area contributed by atoms with E-state index < -0.39 is 15.8 Å². The van der Waals surface area contributed by atoms with Crippen molar-refractivity contribution in [2.45, 2.75) is 31.6 Å². The van der Waals surface area contributed by atoms with Crippen LogP contribution in [0.15, 0.2) is 29.2 Å². The van der Waals surface area contributed by atoms with E-state index in [0.717, 1.165) is 38.3 Å². The molecule has 2 aliphatic heterocycles. The van der Waals surface area contributed by atoms with E-state index in [1.54, 1.807) is 4.90 Å². The molecule has 2 atom stereocenters. The lowest BCUT2D eigenvalue weighted by Gasteiger charge is -2.36. The average Bonchev–Trinajstić information content (AvgIpc) is 2.73. The molecule has 1 N–H and O–H groups in total. The van der Waals surface area contributed by atoms with Crippen molar-refractivity contribution >= 4 is 15.9 Å². The monoisotopic (exact) mass is 454 g/mol.